The average Bonchev–Trinajstić information content (AvgIpc) is 2.96. The number of esters is 1. The number of amides is 1. The maximum Gasteiger partial charge on any atom is 0.306 e. The van der Waals surface area contributed by atoms with Gasteiger partial charge in [0.2, 0.25) is 10.0 Å². The normalized spacial score (nSPS) is 14.0. The molecule has 1 aliphatic rings. The van der Waals surface area contributed by atoms with Crippen molar-refractivity contribution in [2.75, 3.05) is 38.2 Å². The summed E-state index contributed by atoms with van der Waals surface area (Å²) in [6.07, 6.45) is 0.312. The summed E-state index contributed by atoms with van der Waals surface area (Å²) < 4.78 is 37.1. The third kappa shape index (κ3) is 7.51. The minimum absolute atomic E-state index is 0.00152. The molecule has 1 saturated heterocycles. The van der Waals surface area contributed by atoms with Gasteiger partial charge in [-0.3, -0.25) is 14.4 Å². The van der Waals surface area contributed by atoms with Crippen molar-refractivity contribution >= 4 is 45.0 Å². The molecule has 3 aromatic carbocycles. The highest BCUT2D eigenvalue weighted by Crippen LogP contribution is 2.24. The lowest BCUT2D eigenvalue weighted by molar-refractivity contribution is -0.147. The van der Waals surface area contributed by atoms with Crippen LogP contribution in [-0.4, -0.2) is 63.3 Å². The molecule has 1 fully saturated rings. The van der Waals surface area contributed by atoms with E-state index < -0.39 is 28.5 Å². The first-order chi connectivity index (χ1) is 18.7. The molecule has 3 aromatic rings. The molecule has 0 bridgehead atoms. The molecule has 0 unspecified atom stereocenters. The quantitative estimate of drug-likeness (QED) is 0.291. The number of halogens is 1. The van der Waals surface area contributed by atoms with E-state index >= 15 is 0 Å². The fraction of sp³-hybridized carbons (Fsp3) is 0.250. The van der Waals surface area contributed by atoms with Gasteiger partial charge >= 0.3 is 5.97 Å². The number of hydrogen-bond donors (Lipinski definition) is 1. The Kier molecular flexibility index (Phi) is 9.47. The summed E-state index contributed by atoms with van der Waals surface area (Å²) in [4.78, 5) is 37.8. The number of rotatable bonds is 10. The molecule has 1 amide bonds. The number of carbonyl (C=O) groups is 3. The lowest BCUT2D eigenvalue weighted by Crippen LogP contribution is -2.40. The number of morpholine rings is 1. The minimum Gasteiger partial charge on any atom is -0.456 e. The molecule has 0 radical (unpaired) electrons. The summed E-state index contributed by atoms with van der Waals surface area (Å²) >= 11 is 6.07. The van der Waals surface area contributed by atoms with Gasteiger partial charge in [0.05, 0.1) is 23.8 Å². The van der Waals surface area contributed by atoms with Crippen molar-refractivity contribution in [3.63, 3.8) is 0 Å². The Morgan fingerprint density at radius 3 is 2.33 bits per heavy atom. The Bertz CT molecular complexity index is 1440. The van der Waals surface area contributed by atoms with Crippen LogP contribution >= 0.6 is 11.6 Å². The Hall–Kier alpha value is -3.57. The lowest BCUT2D eigenvalue weighted by Gasteiger charge is -2.26. The van der Waals surface area contributed by atoms with Gasteiger partial charge in [-0.2, -0.15) is 4.31 Å². The topological polar surface area (TPSA) is 119 Å². The number of anilines is 1. The van der Waals surface area contributed by atoms with Crippen molar-refractivity contribution in [2.45, 2.75) is 17.7 Å². The highest BCUT2D eigenvalue weighted by atomic mass is 35.5. The zero-order valence-electron chi connectivity index (χ0n) is 21.0. The zero-order chi connectivity index (χ0) is 27.8. The van der Waals surface area contributed by atoms with E-state index in [1.54, 1.807) is 48.5 Å². The SMILES string of the molecule is O=C(COC(=O)CCc1ccc(S(=O)(=O)N2CCOCC2)cc1)Nc1ccc(Cl)cc1C(=O)c1ccccc1. The second-order valence-corrected chi connectivity index (χ2v) is 11.1. The van der Waals surface area contributed by atoms with Crippen LogP contribution in [-0.2, 0) is 35.5 Å². The second kappa shape index (κ2) is 13.0. The van der Waals surface area contributed by atoms with Crippen molar-refractivity contribution in [1.82, 2.24) is 4.31 Å². The first-order valence-electron chi connectivity index (χ1n) is 12.3. The molecule has 39 heavy (non-hydrogen) atoms. The summed E-state index contributed by atoms with van der Waals surface area (Å²) in [7, 11) is -3.59. The highest BCUT2D eigenvalue weighted by molar-refractivity contribution is 7.89. The fourth-order valence-corrected chi connectivity index (χ4v) is 5.55. The number of carbonyl (C=O) groups excluding carboxylic acids is 3. The third-order valence-corrected chi connectivity index (χ3v) is 8.20. The smallest absolute Gasteiger partial charge is 0.306 e. The Balaban J connectivity index is 1.28. The highest BCUT2D eigenvalue weighted by Gasteiger charge is 2.26. The zero-order valence-corrected chi connectivity index (χ0v) is 22.5. The second-order valence-electron chi connectivity index (χ2n) is 8.75. The van der Waals surface area contributed by atoms with Gasteiger partial charge in [-0.15, -0.1) is 0 Å². The molecule has 0 aliphatic carbocycles. The molecule has 0 atom stereocenters. The Labute approximate surface area is 231 Å². The van der Waals surface area contributed by atoms with E-state index in [9.17, 15) is 22.8 Å². The van der Waals surface area contributed by atoms with Crippen molar-refractivity contribution in [1.29, 1.82) is 0 Å². The lowest BCUT2D eigenvalue weighted by atomic mass is 10.0. The standard InChI is InChI=1S/C28H27ClN2O7S/c29-22-9-12-25(24(18-22)28(34)21-4-2-1-3-5-21)30-26(32)19-38-27(33)13-8-20-6-10-23(11-7-20)39(35,36)31-14-16-37-17-15-31/h1-7,9-12,18H,8,13-17,19H2,(H,30,32). The maximum atomic E-state index is 12.9. The maximum absolute atomic E-state index is 12.9. The number of aryl methyl sites for hydroxylation is 1. The molecule has 9 nitrogen and oxygen atoms in total. The number of benzene rings is 3. The van der Waals surface area contributed by atoms with Gasteiger partial charge < -0.3 is 14.8 Å². The van der Waals surface area contributed by atoms with Gasteiger partial charge in [-0.1, -0.05) is 54.1 Å². The fourth-order valence-electron chi connectivity index (χ4n) is 3.97. The molecule has 0 saturated carbocycles. The summed E-state index contributed by atoms with van der Waals surface area (Å²) in [6.45, 7) is 0.823. The first kappa shape index (κ1) is 28.4. The van der Waals surface area contributed by atoms with E-state index in [4.69, 9.17) is 21.1 Å². The largest absolute Gasteiger partial charge is 0.456 e. The van der Waals surface area contributed by atoms with Crippen LogP contribution in [0.4, 0.5) is 5.69 Å². The molecule has 4 rings (SSSR count). The van der Waals surface area contributed by atoms with E-state index in [1.807, 2.05) is 0 Å². The third-order valence-electron chi connectivity index (χ3n) is 6.05. The van der Waals surface area contributed by atoms with Crippen LogP contribution in [0.2, 0.25) is 5.02 Å². The van der Waals surface area contributed by atoms with E-state index in [-0.39, 0.29) is 28.4 Å². The van der Waals surface area contributed by atoms with Crippen LogP contribution in [0.5, 0.6) is 0 Å². The first-order valence-corrected chi connectivity index (χ1v) is 14.1. The van der Waals surface area contributed by atoms with Gasteiger partial charge in [-0.05, 0) is 42.3 Å². The van der Waals surface area contributed by atoms with Crippen LogP contribution in [0.25, 0.3) is 0 Å². The molecule has 1 heterocycles. The van der Waals surface area contributed by atoms with E-state index in [0.29, 0.717) is 43.3 Å². The minimum atomic E-state index is -3.59. The van der Waals surface area contributed by atoms with Crippen molar-refractivity contribution in [2.24, 2.45) is 0 Å². The number of hydrogen-bond acceptors (Lipinski definition) is 7. The average molecular weight is 571 g/mol. The molecule has 0 spiro atoms. The predicted octanol–water partition coefficient (Wildman–Crippen LogP) is 3.71. The van der Waals surface area contributed by atoms with Crippen LogP contribution < -0.4 is 5.32 Å². The van der Waals surface area contributed by atoms with Crippen LogP contribution in [0, 0.1) is 0 Å². The predicted molar refractivity (Wildman–Crippen MR) is 145 cm³/mol. The number of nitrogens with zero attached hydrogens (tertiary/aromatic N) is 1. The number of nitrogens with one attached hydrogen (secondary N) is 1. The molecular formula is C28H27ClN2O7S. The summed E-state index contributed by atoms with van der Waals surface area (Å²) in [5.41, 5.74) is 1.66. The van der Waals surface area contributed by atoms with Crippen LogP contribution in [0.3, 0.4) is 0 Å². The van der Waals surface area contributed by atoms with Gasteiger partial charge in [-0.25, -0.2) is 8.42 Å². The molecular weight excluding hydrogens is 544 g/mol. The van der Waals surface area contributed by atoms with Gasteiger partial charge in [0.1, 0.15) is 0 Å². The van der Waals surface area contributed by atoms with Crippen LogP contribution in [0.1, 0.15) is 27.9 Å². The number of ether oxygens (including phenoxy) is 2. The Morgan fingerprint density at radius 2 is 1.64 bits per heavy atom. The van der Waals surface area contributed by atoms with Gasteiger partial charge in [0.15, 0.2) is 12.4 Å². The Morgan fingerprint density at radius 1 is 0.949 bits per heavy atom. The van der Waals surface area contributed by atoms with E-state index in [1.165, 1.54) is 28.6 Å². The number of ketones is 1. The van der Waals surface area contributed by atoms with Gasteiger partial charge in [0.25, 0.3) is 5.91 Å². The van der Waals surface area contributed by atoms with Crippen molar-refractivity contribution < 1.29 is 32.3 Å². The van der Waals surface area contributed by atoms with E-state index in [0.717, 1.165) is 5.56 Å². The molecule has 11 heteroatoms. The molecule has 204 valence electrons. The number of sulfonamides is 1. The van der Waals surface area contributed by atoms with Crippen molar-refractivity contribution in [3.8, 4) is 0 Å². The van der Waals surface area contributed by atoms with Crippen molar-refractivity contribution in [3.05, 3.63) is 94.5 Å². The summed E-state index contributed by atoms with van der Waals surface area (Å²) in [5.74, 6) is -1.51. The van der Waals surface area contributed by atoms with E-state index in [2.05, 4.69) is 5.32 Å². The van der Waals surface area contributed by atoms with Crippen LogP contribution in [0.15, 0.2) is 77.7 Å². The summed E-state index contributed by atoms with van der Waals surface area (Å²) in [5, 5.41) is 2.94. The molecule has 1 aliphatic heterocycles. The molecule has 0 aromatic heterocycles. The monoisotopic (exact) mass is 570 g/mol. The summed E-state index contributed by atoms with van der Waals surface area (Å²) in [6, 6.07) is 19.4. The molecule has 1 N–H and O–H groups in total. The van der Waals surface area contributed by atoms with Gasteiger partial charge in [0, 0.05) is 35.7 Å².